The number of likely N-dealkylation sites (tertiary alicyclic amines) is 1. The Bertz CT molecular complexity index is 632. The molecular weight excluding hydrogens is 377 g/mol. The summed E-state index contributed by atoms with van der Waals surface area (Å²) >= 11 is 11.9. The molecule has 1 aliphatic heterocycles. The maximum Gasteiger partial charge on any atom is 0.308 e. The highest BCUT2D eigenvalue weighted by Gasteiger charge is 2.26. The van der Waals surface area contributed by atoms with E-state index >= 15 is 0 Å². The fourth-order valence-corrected chi connectivity index (χ4v) is 3.34. The molecule has 0 saturated carbocycles. The molecule has 0 unspecified atom stereocenters. The maximum atomic E-state index is 11.6. The van der Waals surface area contributed by atoms with Crippen LogP contribution in [0.2, 0.25) is 10.0 Å². The molecule has 1 aromatic carbocycles. The summed E-state index contributed by atoms with van der Waals surface area (Å²) in [6, 6.07) is 5.18. The molecular formula is C18H25Cl2N3O3. The number of nitrogens with zero attached hydrogens (tertiary/aromatic N) is 2. The summed E-state index contributed by atoms with van der Waals surface area (Å²) in [5.74, 6) is 1.35. The molecule has 2 rings (SSSR count). The molecule has 1 aliphatic rings. The first-order valence-electron chi connectivity index (χ1n) is 8.66. The van der Waals surface area contributed by atoms with E-state index in [2.05, 4.69) is 15.2 Å². The van der Waals surface area contributed by atoms with Gasteiger partial charge < -0.3 is 19.7 Å². The maximum absolute atomic E-state index is 11.6. The molecule has 0 spiro atoms. The van der Waals surface area contributed by atoms with Crippen molar-refractivity contribution in [1.29, 1.82) is 0 Å². The van der Waals surface area contributed by atoms with Crippen LogP contribution < -0.4 is 10.1 Å². The van der Waals surface area contributed by atoms with Gasteiger partial charge in [-0.25, -0.2) is 0 Å². The second kappa shape index (κ2) is 10.5. The van der Waals surface area contributed by atoms with Gasteiger partial charge >= 0.3 is 5.97 Å². The van der Waals surface area contributed by atoms with Crippen LogP contribution in [0.25, 0.3) is 0 Å². The number of piperidine rings is 1. The van der Waals surface area contributed by atoms with Crippen LogP contribution in [0, 0.1) is 5.92 Å². The van der Waals surface area contributed by atoms with Gasteiger partial charge in [0.25, 0.3) is 0 Å². The average molecular weight is 402 g/mol. The molecule has 0 amide bonds. The Balaban J connectivity index is 1.68. The Morgan fingerprint density at radius 3 is 2.69 bits per heavy atom. The highest BCUT2D eigenvalue weighted by atomic mass is 35.5. The zero-order valence-corrected chi connectivity index (χ0v) is 16.6. The van der Waals surface area contributed by atoms with Crippen molar-refractivity contribution in [2.24, 2.45) is 10.9 Å². The molecule has 0 aliphatic carbocycles. The number of aliphatic imine (C=N–C) groups is 1. The van der Waals surface area contributed by atoms with Crippen molar-refractivity contribution in [3.63, 3.8) is 0 Å². The Labute approximate surface area is 164 Å². The van der Waals surface area contributed by atoms with Crippen LogP contribution in [-0.4, -0.2) is 57.2 Å². The van der Waals surface area contributed by atoms with Gasteiger partial charge in [0.15, 0.2) is 5.96 Å². The average Bonchev–Trinajstić information content (AvgIpc) is 2.65. The van der Waals surface area contributed by atoms with E-state index in [0.29, 0.717) is 22.4 Å². The van der Waals surface area contributed by atoms with Gasteiger partial charge in [-0.1, -0.05) is 23.2 Å². The Morgan fingerprint density at radius 2 is 2.08 bits per heavy atom. The Morgan fingerprint density at radius 1 is 1.35 bits per heavy atom. The van der Waals surface area contributed by atoms with Crippen molar-refractivity contribution >= 4 is 35.1 Å². The molecule has 6 nitrogen and oxygen atoms in total. The van der Waals surface area contributed by atoms with E-state index in [9.17, 15) is 4.79 Å². The lowest BCUT2D eigenvalue weighted by Crippen LogP contribution is -2.47. The monoisotopic (exact) mass is 401 g/mol. The van der Waals surface area contributed by atoms with Crippen LogP contribution in [0.3, 0.4) is 0 Å². The summed E-state index contributed by atoms with van der Waals surface area (Å²) in [7, 11) is 3.20. The minimum absolute atomic E-state index is 0.00752. The number of halogens is 2. The van der Waals surface area contributed by atoms with Crippen LogP contribution in [0.5, 0.6) is 5.75 Å². The number of carbonyl (C=O) groups is 1. The zero-order valence-electron chi connectivity index (χ0n) is 15.1. The summed E-state index contributed by atoms with van der Waals surface area (Å²) < 4.78 is 10.5. The lowest BCUT2D eigenvalue weighted by molar-refractivity contribution is -0.146. The summed E-state index contributed by atoms with van der Waals surface area (Å²) in [6.45, 7) is 2.84. The second-order valence-electron chi connectivity index (χ2n) is 6.04. The first-order chi connectivity index (χ1) is 12.5. The van der Waals surface area contributed by atoms with E-state index in [-0.39, 0.29) is 11.9 Å². The second-order valence-corrected chi connectivity index (χ2v) is 6.88. The van der Waals surface area contributed by atoms with E-state index in [1.807, 2.05) is 0 Å². The van der Waals surface area contributed by atoms with Crippen molar-refractivity contribution in [2.75, 3.05) is 40.4 Å². The fraction of sp³-hybridized carbons (Fsp3) is 0.556. The normalized spacial score (nSPS) is 15.7. The van der Waals surface area contributed by atoms with Crippen LogP contribution in [0.1, 0.15) is 19.3 Å². The van der Waals surface area contributed by atoms with Crippen molar-refractivity contribution in [3.05, 3.63) is 28.2 Å². The van der Waals surface area contributed by atoms with E-state index in [4.69, 9.17) is 32.7 Å². The highest BCUT2D eigenvalue weighted by Crippen LogP contribution is 2.27. The molecule has 1 heterocycles. The van der Waals surface area contributed by atoms with E-state index in [0.717, 1.165) is 44.9 Å². The van der Waals surface area contributed by atoms with Gasteiger partial charge in [0.05, 0.1) is 24.7 Å². The summed E-state index contributed by atoms with van der Waals surface area (Å²) in [5.41, 5.74) is 0. The summed E-state index contributed by atoms with van der Waals surface area (Å²) in [4.78, 5) is 18.1. The lowest BCUT2D eigenvalue weighted by atomic mass is 9.97. The van der Waals surface area contributed by atoms with Gasteiger partial charge in [-0.2, -0.15) is 0 Å². The predicted octanol–water partition coefficient (Wildman–Crippen LogP) is 3.22. The van der Waals surface area contributed by atoms with E-state index in [1.165, 1.54) is 7.11 Å². The molecule has 8 heteroatoms. The SMILES string of the molecule is CN=C(NCCCOc1ccc(Cl)cc1Cl)N1CCC(C(=O)OC)CC1. The molecule has 0 aromatic heterocycles. The fourth-order valence-electron chi connectivity index (χ4n) is 2.87. The number of methoxy groups -OCH3 is 1. The number of guanidine groups is 1. The topological polar surface area (TPSA) is 63.2 Å². The Hall–Kier alpha value is -1.66. The summed E-state index contributed by atoms with van der Waals surface area (Å²) in [6.07, 6.45) is 2.37. The third kappa shape index (κ3) is 5.95. The van der Waals surface area contributed by atoms with Gasteiger partial charge in [-0.3, -0.25) is 9.79 Å². The number of carbonyl (C=O) groups excluding carboxylic acids is 1. The number of hydrogen-bond acceptors (Lipinski definition) is 4. The number of esters is 1. The van der Waals surface area contributed by atoms with Crippen LogP contribution in [-0.2, 0) is 9.53 Å². The smallest absolute Gasteiger partial charge is 0.308 e. The van der Waals surface area contributed by atoms with E-state index in [1.54, 1.807) is 25.2 Å². The third-order valence-electron chi connectivity index (χ3n) is 4.30. The quantitative estimate of drug-likeness (QED) is 0.343. The van der Waals surface area contributed by atoms with Gasteiger partial charge in [0, 0.05) is 31.7 Å². The van der Waals surface area contributed by atoms with Crippen molar-refractivity contribution in [1.82, 2.24) is 10.2 Å². The van der Waals surface area contributed by atoms with Crippen LogP contribution >= 0.6 is 23.2 Å². The van der Waals surface area contributed by atoms with Gasteiger partial charge in [0.2, 0.25) is 0 Å². The lowest BCUT2D eigenvalue weighted by Gasteiger charge is -2.33. The highest BCUT2D eigenvalue weighted by molar-refractivity contribution is 6.35. The van der Waals surface area contributed by atoms with Crippen molar-refractivity contribution in [3.8, 4) is 5.75 Å². The molecule has 26 heavy (non-hydrogen) atoms. The number of benzene rings is 1. The van der Waals surface area contributed by atoms with Gasteiger partial charge in [0.1, 0.15) is 5.75 Å². The van der Waals surface area contributed by atoms with Crippen LogP contribution in [0.4, 0.5) is 0 Å². The summed E-state index contributed by atoms with van der Waals surface area (Å²) in [5, 5.41) is 4.43. The molecule has 144 valence electrons. The molecule has 1 saturated heterocycles. The van der Waals surface area contributed by atoms with Crippen molar-refractivity contribution < 1.29 is 14.3 Å². The molecule has 1 aromatic rings. The van der Waals surface area contributed by atoms with Crippen molar-refractivity contribution in [2.45, 2.75) is 19.3 Å². The zero-order chi connectivity index (χ0) is 18.9. The van der Waals surface area contributed by atoms with E-state index < -0.39 is 0 Å². The van der Waals surface area contributed by atoms with Crippen LogP contribution in [0.15, 0.2) is 23.2 Å². The first-order valence-corrected chi connectivity index (χ1v) is 9.42. The first kappa shape index (κ1) is 20.6. The number of hydrogen-bond donors (Lipinski definition) is 1. The Kier molecular flexibility index (Phi) is 8.32. The number of nitrogens with one attached hydrogen (secondary N) is 1. The molecule has 1 N–H and O–H groups in total. The standard InChI is InChI=1S/C18H25Cl2N3O3/c1-21-18(23-9-6-13(7-10-23)17(24)25-2)22-8-3-11-26-16-5-4-14(19)12-15(16)20/h4-5,12-13H,3,6-11H2,1-2H3,(H,21,22). The van der Waals surface area contributed by atoms with Gasteiger partial charge in [-0.05, 0) is 37.5 Å². The molecule has 0 atom stereocenters. The third-order valence-corrected chi connectivity index (χ3v) is 4.83. The van der Waals surface area contributed by atoms with Gasteiger partial charge in [-0.15, -0.1) is 0 Å². The minimum Gasteiger partial charge on any atom is -0.492 e. The molecule has 1 fully saturated rings. The predicted molar refractivity (Wildman–Crippen MR) is 104 cm³/mol. The minimum atomic E-state index is -0.120. The number of ether oxygens (including phenoxy) is 2. The largest absolute Gasteiger partial charge is 0.492 e. The number of rotatable bonds is 6. The molecule has 0 radical (unpaired) electrons. The molecule has 0 bridgehead atoms.